The number of rotatable bonds is 8. The highest BCUT2D eigenvalue weighted by Gasteiger charge is 2.12. The van der Waals surface area contributed by atoms with Gasteiger partial charge in [-0.3, -0.25) is 9.36 Å². The van der Waals surface area contributed by atoms with Crippen molar-refractivity contribution in [3.63, 3.8) is 0 Å². The highest BCUT2D eigenvalue weighted by atomic mass is 19.1. The summed E-state index contributed by atoms with van der Waals surface area (Å²) in [6.45, 7) is 0.599. The minimum absolute atomic E-state index is 0.0429. The Kier molecular flexibility index (Phi) is 6.37. The number of halogens is 1. The summed E-state index contributed by atoms with van der Waals surface area (Å²) in [5, 5.41) is 7.12. The molecular formula is C21H23FN4O2. The zero-order chi connectivity index (χ0) is 19.9. The summed E-state index contributed by atoms with van der Waals surface area (Å²) in [5.74, 6) is 0.0704. The van der Waals surface area contributed by atoms with Crippen molar-refractivity contribution in [1.29, 1.82) is 0 Å². The van der Waals surface area contributed by atoms with Crippen LogP contribution in [0.15, 0.2) is 59.4 Å². The van der Waals surface area contributed by atoms with Crippen LogP contribution in [0.4, 0.5) is 4.39 Å². The lowest BCUT2D eigenvalue weighted by molar-refractivity contribution is -0.121. The van der Waals surface area contributed by atoms with Crippen molar-refractivity contribution in [2.24, 2.45) is 7.05 Å². The van der Waals surface area contributed by atoms with Gasteiger partial charge in [-0.15, -0.1) is 5.10 Å². The zero-order valence-corrected chi connectivity index (χ0v) is 15.8. The van der Waals surface area contributed by atoms with Crippen molar-refractivity contribution in [2.45, 2.75) is 25.8 Å². The van der Waals surface area contributed by atoms with E-state index < -0.39 is 0 Å². The summed E-state index contributed by atoms with van der Waals surface area (Å²) in [6, 6.07) is 15.8. The Bertz CT molecular complexity index is 978. The van der Waals surface area contributed by atoms with Crippen LogP contribution in [0.25, 0.3) is 11.4 Å². The van der Waals surface area contributed by atoms with E-state index in [1.807, 2.05) is 30.3 Å². The van der Waals surface area contributed by atoms with E-state index >= 15 is 0 Å². The lowest BCUT2D eigenvalue weighted by Gasteiger charge is -2.05. The average molecular weight is 382 g/mol. The van der Waals surface area contributed by atoms with E-state index in [1.165, 1.54) is 26.9 Å². The van der Waals surface area contributed by atoms with Crippen LogP contribution in [-0.2, 0) is 24.8 Å². The Morgan fingerprint density at radius 3 is 2.54 bits per heavy atom. The number of aromatic nitrogens is 3. The molecule has 2 aromatic carbocycles. The highest BCUT2D eigenvalue weighted by Crippen LogP contribution is 2.15. The fourth-order valence-corrected chi connectivity index (χ4v) is 2.97. The molecule has 0 spiro atoms. The van der Waals surface area contributed by atoms with Crippen molar-refractivity contribution in [2.75, 3.05) is 6.54 Å². The second-order valence-corrected chi connectivity index (χ2v) is 6.58. The monoisotopic (exact) mass is 382 g/mol. The van der Waals surface area contributed by atoms with E-state index in [0.717, 1.165) is 12.8 Å². The van der Waals surface area contributed by atoms with Gasteiger partial charge in [-0.2, -0.15) is 0 Å². The summed E-state index contributed by atoms with van der Waals surface area (Å²) in [6.07, 6.45) is 2.07. The number of nitrogens with zero attached hydrogens (tertiary/aromatic N) is 3. The molecule has 1 amide bonds. The molecule has 1 heterocycles. The SMILES string of the molecule is Cn1c(-c2ccc(F)cc2)nn(CCNC(=O)CCCc2ccccc2)c1=O. The Hall–Kier alpha value is -3.22. The van der Waals surface area contributed by atoms with Crippen molar-refractivity contribution in [3.8, 4) is 11.4 Å². The first-order valence-corrected chi connectivity index (χ1v) is 9.25. The molecule has 0 fully saturated rings. The fraction of sp³-hybridized carbons (Fsp3) is 0.286. The molecular weight excluding hydrogens is 359 g/mol. The lowest BCUT2D eigenvalue weighted by atomic mass is 10.1. The molecule has 0 unspecified atom stereocenters. The average Bonchev–Trinajstić information content (AvgIpc) is 2.98. The van der Waals surface area contributed by atoms with Crippen LogP contribution in [0.3, 0.4) is 0 Å². The first-order chi connectivity index (χ1) is 13.5. The van der Waals surface area contributed by atoms with E-state index in [2.05, 4.69) is 10.4 Å². The molecule has 6 nitrogen and oxygen atoms in total. The molecule has 28 heavy (non-hydrogen) atoms. The summed E-state index contributed by atoms with van der Waals surface area (Å²) >= 11 is 0. The van der Waals surface area contributed by atoms with Crippen molar-refractivity contribution in [1.82, 2.24) is 19.7 Å². The number of aryl methyl sites for hydroxylation is 1. The molecule has 0 bridgehead atoms. The van der Waals surface area contributed by atoms with E-state index in [9.17, 15) is 14.0 Å². The van der Waals surface area contributed by atoms with Crippen LogP contribution in [-0.4, -0.2) is 26.8 Å². The van der Waals surface area contributed by atoms with Crippen molar-refractivity contribution < 1.29 is 9.18 Å². The maximum absolute atomic E-state index is 13.1. The van der Waals surface area contributed by atoms with Gasteiger partial charge < -0.3 is 5.32 Å². The summed E-state index contributed by atoms with van der Waals surface area (Å²) in [5.41, 5.74) is 1.59. The largest absolute Gasteiger partial charge is 0.354 e. The second kappa shape index (κ2) is 9.12. The standard InChI is InChI=1S/C21H23FN4O2/c1-25-20(17-10-12-18(22)13-11-17)24-26(21(25)28)15-14-23-19(27)9-5-8-16-6-3-2-4-7-16/h2-4,6-7,10-13H,5,8-9,14-15H2,1H3,(H,23,27). The zero-order valence-electron chi connectivity index (χ0n) is 15.8. The molecule has 1 N–H and O–H groups in total. The molecule has 0 aliphatic rings. The number of benzene rings is 2. The third-order valence-corrected chi connectivity index (χ3v) is 4.50. The van der Waals surface area contributed by atoms with Crippen LogP contribution in [0.5, 0.6) is 0 Å². The topological polar surface area (TPSA) is 68.9 Å². The molecule has 7 heteroatoms. The Morgan fingerprint density at radius 1 is 1.11 bits per heavy atom. The van der Waals surface area contributed by atoms with Crippen molar-refractivity contribution >= 4 is 5.91 Å². The van der Waals surface area contributed by atoms with Gasteiger partial charge in [-0.05, 0) is 42.7 Å². The van der Waals surface area contributed by atoms with E-state index in [0.29, 0.717) is 24.4 Å². The second-order valence-electron chi connectivity index (χ2n) is 6.58. The van der Waals surface area contributed by atoms with E-state index in [-0.39, 0.29) is 24.0 Å². The molecule has 0 atom stereocenters. The third-order valence-electron chi connectivity index (χ3n) is 4.50. The minimum Gasteiger partial charge on any atom is -0.354 e. The van der Waals surface area contributed by atoms with Crippen LogP contribution in [0, 0.1) is 5.82 Å². The number of carbonyl (C=O) groups is 1. The molecule has 0 saturated carbocycles. The number of nitrogens with one attached hydrogen (secondary N) is 1. The third kappa shape index (κ3) is 4.94. The quantitative estimate of drug-likeness (QED) is 0.651. The van der Waals surface area contributed by atoms with Gasteiger partial charge in [0, 0.05) is 25.6 Å². The fourth-order valence-electron chi connectivity index (χ4n) is 2.97. The molecule has 0 saturated heterocycles. The summed E-state index contributed by atoms with van der Waals surface area (Å²) in [7, 11) is 1.62. The first-order valence-electron chi connectivity index (χ1n) is 9.25. The van der Waals surface area contributed by atoms with Gasteiger partial charge in [0.05, 0.1) is 6.54 Å². The van der Waals surface area contributed by atoms with Gasteiger partial charge in [0.1, 0.15) is 5.82 Å². The lowest BCUT2D eigenvalue weighted by Crippen LogP contribution is -2.31. The van der Waals surface area contributed by atoms with Gasteiger partial charge in [-0.1, -0.05) is 30.3 Å². The van der Waals surface area contributed by atoms with Crippen LogP contribution >= 0.6 is 0 Å². The molecule has 3 aromatic rings. The molecule has 1 aromatic heterocycles. The molecule has 3 rings (SSSR count). The smallest absolute Gasteiger partial charge is 0.345 e. The normalized spacial score (nSPS) is 10.8. The summed E-state index contributed by atoms with van der Waals surface area (Å²) in [4.78, 5) is 24.3. The van der Waals surface area contributed by atoms with Gasteiger partial charge in [-0.25, -0.2) is 13.9 Å². The predicted octanol–water partition coefficient (Wildman–Crippen LogP) is 2.53. The van der Waals surface area contributed by atoms with Crippen LogP contribution in [0.1, 0.15) is 18.4 Å². The Labute approximate surface area is 162 Å². The molecule has 0 aliphatic heterocycles. The number of hydrogen-bond donors (Lipinski definition) is 1. The van der Waals surface area contributed by atoms with Gasteiger partial charge >= 0.3 is 5.69 Å². The molecule has 146 valence electrons. The van der Waals surface area contributed by atoms with Crippen LogP contribution in [0.2, 0.25) is 0 Å². The predicted molar refractivity (Wildman–Crippen MR) is 105 cm³/mol. The van der Waals surface area contributed by atoms with Crippen molar-refractivity contribution in [3.05, 3.63) is 76.5 Å². The Morgan fingerprint density at radius 2 is 1.82 bits per heavy atom. The maximum Gasteiger partial charge on any atom is 0.345 e. The highest BCUT2D eigenvalue weighted by molar-refractivity contribution is 5.75. The van der Waals surface area contributed by atoms with Crippen LogP contribution < -0.4 is 11.0 Å². The maximum atomic E-state index is 13.1. The molecule has 0 aliphatic carbocycles. The van der Waals surface area contributed by atoms with E-state index in [4.69, 9.17) is 0 Å². The Balaban J connectivity index is 1.49. The molecule has 0 radical (unpaired) electrons. The van der Waals surface area contributed by atoms with E-state index in [1.54, 1.807) is 19.2 Å². The number of hydrogen-bond acceptors (Lipinski definition) is 3. The van der Waals surface area contributed by atoms with Gasteiger partial charge in [0.15, 0.2) is 5.82 Å². The minimum atomic E-state index is -0.344. The first kappa shape index (κ1) is 19.5. The summed E-state index contributed by atoms with van der Waals surface area (Å²) < 4.78 is 15.8. The van der Waals surface area contributed by atoms with Gasteiger partial charge in [0.2, 0.25) is 5.91 Å². The number of carbonyl (C=O) groups excluding carboxylic acids is 1. The van der Waals surface area contributed by atoms with Gasteiger partial charge in [0.25, 0.3) is 0 Å². The number of amides is 1.